The van der Waals surface area contributed by atoms with E-state index in [9.17, 15) is 0 Å². The van der Waals surface area contributed by atoms with Gasteiger partial charge in [-0.15, -0.1) is 0 Å². The van der Waals surface area contributed by atoms with Crippen LogP contribution >= 0.6 is 0 Å². The van der Waals surface area contributed by atoms with Gasteiger partial charge < -0.3 is 14.0 Å². The number of aromatic nitrogens is 2. The van der Waals surface area contributed by atoms with Crippen LogP contribution in [0.3, 0.4) is 0 Å². The van der Waals surface area contributed by atoms with Gasteiger partial charge in [-0.3, -0.25) is 0 Å². The van der Waals surface area contributed by atoms with Gasteiger partial charge in [0.05, 0.1) is 22.1 Å². The van der Waals surface area contributed by atoms with Crippen molar-refractivity contribution in [2.75, 3.05) is 4.90 Å². The molecule has 0 saturated heterocycles. The van der Waals surface area contributed by atoms with Crippen LogP contribution in [-0.2, 0) is 5.41 Å². The van der Waals surface area contributed by atoms with Gasteiger partial charge >= 0.3 is 0 Å². The maximum atomic E-state index is 2.49. The number of anilines is 3. The molecule has 0 saturated carbocycles. The van der Waals surface area contributed by atoms with Crippen molar-refractivity contribution in [3.05, 3.63) is 260 Å². The van der Waals surface area contributed by atoms with Crippen molar-refractivity contribution in [3.8, 4) is 44.8 Å². The predicted molar refractivity (Wildman–Crippen MR) is 296 cm³/mol. The zero-order valence-electron chi connectivity index (χ0n) is 39.0. The summed E-state index contributed by atoms with van der Waals surface area (Å²) >= 11 is 0. The van der Waals surface area contributed by atoms with E-state index in [-0.39, 0.29) is 5.41 Å². The fraction of sp³-hybridized carbons (Fsp3) is 0.0448. The van der Waals surface area contributed by atoms with Gasteiger partial charge in [-0.05, 0) is 140 Å². The summed E-state index contributed by atoms with van der Waals surface area (Å²) in [6.07, 6.45) is 0. The van der Waals surface area contributed by atoms with E-state index >= 15 is 0 Å². The van der Waals surface area contributed by atoms with Crippen LogP contribution in [0.5, 0.6) is 0 Å². The topological polar surface area (TPSA) is 13.1 Å². The van der Waals surface area contributed by atoms with Gasteiger partial charge in [0.15, 0.2) is 0 Å². The van der Waals surface area contributed by atoms with Crippen LogP contribution in [0.2, 0.25) is 0 Å². The largest absolute Gasteiger partial charge is 0.310 e. The Labute approximate surface area is 407 Å². The summed E-state index contributed by atoms with van der Waals surface area (Å²) in [6, 6.07) is 91.6. The monoisotopic (exact) mass is 893 g/mol. The molecule has 3 nitrogen and oxygen atoms in total. The molecule has 3 heteroatoms. The van der Waals surface area contributed by atoms with Crippen LogP contribution in [0.1, 0.15) is 25.0 Å². The second kappa shape index (κ2) is 15.6. The van der Waals surface area contributed by atoms with E-state index < -0.39 is 0 Å². The molecule has 0 fully saturated rings. The molecule has 0 atom stereocenters. The molecule has 0 unspecified atom stereocenters. The Balaban J connectivity index is 0.914. The molecule has 14 rings (SSSR count). The lowest BCUT2D eigenvalue weighted by atomic mass is 9.82. The molecule has 0 N–H and O–H groups in total. The number of para-hydroxylation sites is 2. The summed E-state index contributed by atoms with van der Waals surface area (Å²) < 4.78 is 4.87. The van der Waals surface area contributed by atoms with Crippen LogP contribution in [0, 0.1) is 0 Å². The van der Waals surface area contributed by atoms with E-state index in [0.29, 0.717) is 0 Å². The van der Waals surface area contributed by atoms with E-state index in [1.54, 1.807) is 0 Å². The molecular weight excluding hydrogens is 847 g/mol. The summed E-state index contributed by atoms with van der Waals surface area (Å²) in [5, 5.41) is 7.50. The number of benzene rings is 11. The van der Waals surface area contributed by atoms with Crippen molar-refractivity contribution >= 4 is 71.4 Å². The minimum absolute atomic E-state index is 0.0580. The van der Waals surface area contributed by atoms with Crippen LogP contribution < -0.4 is 4.90 Å². The minimum atomic E-state index is -0.0580. The van der Waals surface area contributed by atoms with Crippen LogP contribution in [0.25, 0.3) is 99.1 Å². The first-order valence-corrected chi connectivity index (χ1v) is 24.3. The van der Waals surface area contributed by atoms with E-state index in [4.69, 9.17) is 0 Å². The molecule has 0 bridgehead atoms. The molecule has 2 aromatic heterocycles. The summed E-state index contributed by atoms with van der Waals surface area (Å²) in [5.41, 5.74) is 20.5. The zero-order chi connectivity index (χ0) is 46.5. The lowest BCUT2D eigenvalue weighted by Gasteiger charge is -2.26. The highest BCUT2D eigenvalue weighted by Gasteiger charge is 2.35. The maximum Gasteiger partial charge on any atom is 0.0547 e. The molecular formula is C67H47N3. The Morgan fingerprint density at radius 1 is 0.314 bits per heavy atom. The summed E-state index contributed by atoms with van der Waals surface area (Å²) in [4.78, 5) is 2.39. The molecule has 70 heavy (non-hydrogen) atoms. The van der Waals surface area contributed by atoms with Crippen molar-refractivity contribution in [1.82, 2.24) is 9.13 Å². The molecule has 1 aliphatic rings. The van der Waals surface area contributed by atoms with Crippen molar-refractivity contribution in [1.29, 1.82) is 0 Å². The molecule has 1 aliphatic carbocycles. The Kier molecular flexibility index (Phi) is 8.93. The Morgan fingerprint density at radius 3 is 1.67 bits per heavy atom. The molecule has 2 heterocycles. The molecule has 11 aromatic carbocycles. The second-order valence-electron chi connectivity index (χ2n) is 19.3. The lowest BCUT2D eigenvalue weighted by molar-refractivity contribution is 0.660. The minimum Gasteiger partial charge on any atom is -0.310 e. The van der Waals surface area contributed by atoms with Crippen molar-refractivity contribution < 1.29 is 0 Å². The van der Waals surface area contributed by atoms with E-state index in [2.05, 4.69) is 277 Å². The molecule has 13 aromatic rings. The number of hydrogen-bond acceptors (Lipinski definition) is 1. The highest BCUT2D eigenvalue weighted by molar-refractivity contribution is 6.22. The third-order valence-electron chi connectivity index (χ3n) is 15.1. The van der Waals surface area contributed by atoms with Gasteiger partial charge in [0.2, 0.25) is 0 Å². The van der Waals surface area contributed by atoms with Crippen LogP contribution in [0.4, 0.5) is 17.1 Å². The van der Waals surface area contributed by atoms with Crippen molar-refractivity contribution in [2.45, 2.75) is 19.3 Å². The number of nitrogens with zero attached hydrogens (tertiary/aromatic N) is 3. The first-order valence-electron chi connectivity index (χ1n) is 24.3. The zero-order valence-corrected chi connectivity index (χ0v) is 39.0. The van der Waals surface area contributed by atoms with E-state index in [1.165, 1.54) is 99.0 Å². The Hall–Kier alpha value is -8.92. The van der Waals surface area contributed by atoms with Crippen molar-refractivity contribution in [2.24, 2.45) is 0 Å². The molecule has 0 radical (unpaired) electrons. The predicted octanol–water partition coefficient (Wildman–Crippen LogP) is 18.1. The first-order chi connectivity index (χ1) is 34.5. The van der Waals surface area contributed by atoms with Gasteiger partial charge in [-0.2, -0.15) is 0 Å². The summed E-state index contributed by atoms with van der Waals surface area (Å²) in [5.74, 6) is 0. The average molecular weight is 894 g/mol. The second-order valence-corrected chi connectivity index (χ2v) is 19.3. The first kappa shape index (κ1) is 40.2. The fourth-order valence-electron chi connectivity index (χ4n) is 11.7. The van der Waals surface area contributed by atoms with Crippen LogP contribution in [0.15, 0.2) is 249 Å². The van der Waals surface area contributed by atoms with Gasteiger partial charge in [0.1, 0.15) is 0 Å². The quantitative estimate of drug-likeness (QED) is 0.155. The number of rotatable bonds is 7. The summed E-state index contributed by atoms with van der Waals surface area (Å²) in [6.45, 7) is 4.71. The van der Waals surface area contributed by atoms with E-state index in [0.717, 1.165) is 28.3 Å². The maximum absolute atomic E-state index is 2.49. The highest BCUT2D eigenvalue weighted by Crippen LogP contribution is 2.50. The molecule has 0 amide bonds. The Bertz CT molecular complexity index is 4180. The van der Waals surface area contributed by atoms with Gasteiger partial charge in [0, 0.05) is 55.4 Å². The van der Waals surface area contributed by atoms with Gasteiger partial charge in [0.25, 0.3) is 0 Å². The number of hydrogen-bond donors (Lipinski definition) is 0. The normalized spacial score (nSPS) is 12.8. The van der Waals surface area contributed by atoms with Gasteiger partial charge in [-0.1, -0.05) is 178 Å². The van der Waals surface area contributed by atoms with Crippen LogP contribution in [-0.4, -0.2) is 9.13 Å². The Morgan fingerprint density at radius 2 is 0.886 bits per heavy atom. The average Bonchev–Trinajstić information content (AvgIpc) is 4.02. The molecule has 330 valence electrons. The fourth-order valence-corrected chi connectivity index (χ4v) is 11.7. The summed E-state index contributed by atoms with van der Waals surface area (Å²) in [7, 11) is 0. The standard InChI is InChI=1S/C67H47N3/c1-67(2)60-23-13-11-21-55(60)58-42-53(35-38-61(58)67)70-64-39-30-47-17-9-10-20-54(47)66(64)57-37-29-48(41-65(57)70)46-27-33-51(34-28-46)68(50-31-25-45(26-32-50)44-15-5-3-6-16-44)52-36-40-63-59(43-52)56-22-12-14-24-62(56)69(63)49-18-7-4-8-19-49/h3-43H,1-2H3. The third-order valence-corrected chi connectivity index (χ3v) is 15.1. The smallest absolute Gasteiger partial charge is 0.0547 e. The highest BCUT2D eigenvalue weighted by atomic mass is 15.1. The molecule has 0 aliphatic heterocycles. The number of fused-ring (bicyclic) bond motifs is 11. The third kappa shape index (κ3) is 6.15. The lowest BCUT2D eigenvalue weighted by Crippen LogP contribution is -2.14. The SMILES string of the molecule is CC1(C)c2ccccc2-c2cc(-n3c4cc(-c5ccc(N(c6ccc(-c7ccccc7)cc6)c6ccc7c(c6)c6ccccc6n7-c6ccccc6)cc5)ccc4c4c5ccccc5ccc43)ccc21. The van der Waals surface area contributed by atoms with Gasteiger partial charge in [-0.25, -0.2) is 0 Å². The molecule has 0 spiro atoms. The van der Waals surface area contributed by atoms with Crippen molar-refractivity contribution in [3.63, 3.8) is 0 Å². The van der Waals surface area contributed by atoms with E-state index in [1.807, 2.05) is 0 Å².